The molecule has 0 fully saturated rings. The molecule has 0 aliphatic rings. The van der Waals surface area contributed by atoms with Gasteiger partial charge in [0, 0.05) is 0 Å². The molecule has 144 valence electrons. The average Bonchev–Trinajstić information content (AvgIpc) is 2.31. The minimum Gasteiger partial charge on any atom is -0.219 e. The molecule has 0 heterocycles. The van der Waals surface area contributed by atoms with E-state index in [0.717, 1.165) is 0 Å². The van der Waals surface area contributed by atoms with Crippen LogP contribution < -0.4 is 0 Å². The van der Waals surface area contributed by atoms with Crippen molar-refractivity contribution in [1.82, 2.24) is 0 Å². The fourth-order valence-electron chi connectivity index (χ4n) is 1.11. The first kappa shape index (κ1) is 22.6. The van der Waals surface area contributed by atoms with Crippen LogP contribution >= 0.6 is 0 Å². The lowest BCUT2D eigenvalue weighted by atomic mass is 9.89. The zero-order chi connectivity index (χ0) is 20.2. The Morgan fingerprint density at radius 3 is 0.958 bits per heavy atom. The third-order valence-electron chi connectivity index (χ3n) is 2.32. The number of hydrogen-bond acceptors (Lipinski definition) is 0. The highest BCUT2D eigenvalue weighted by Crippen LogP contribution is 2.60. The summed E-state index contributed by atoms with van der Waals surface area (Å²) >= 11 is 0. The highest BCUT2D eigenvalue weighted by Gasteiger charge is 2.88. The minimum atomic E-state index is -8.23. The molecule has 16 heteroatoms. The number of halogens is 16. The largest absolute Gasteiger partial charge is 0.460 e. The van der Waals surface area contributed by atoms with Gasteiger partial charge in [0.1, 0.15) is 0 Å². The van der Waals surface area contributed by atoms with E-state index in [9.17, 15) is 70.2 Å². The standard InChI is InChI=1S/C8F16/c9-1(2(10)4(12,13)14)3(11,7(19,20)21)5(15,16)6(17,18)8(22,23)24. The predicted molar refractivity (Wildman–Crippen MR) is 41.1 cm³/mol. The molecule has 0 spiro atoms. The Kier molecular flexibility index (Phi) is 5.25. The fourth-order valence-corrected chi connectivity index (χ4v) is 1.11. The van der Waals surface area contributed by atoms with E-state index >= 15 is 0 Å². The molecule has 0 saturated carbocycles. The van der Waals surface area contributed by atoms with Crippen LogP contribution in [0.5, 0.6) is 0 Å². The smallest absolute Gasteiger partial charge is 0.219 e. The molecule has 24 heavy (non-hydrogen) atoms. The van der Waals surface area contributed by atoms with Crippen LogP contribution in [-0.2, 0) is 0 Å². The van der Waals surface area contributed by atoms with Gasteiger partial charge >= 0.3 is 36.0 Å². The molecule has 0 rings (SSSR count). The van der Waals surface area contributed by atoms with Crippen molar-refractivity contribution in [2.45, 2.75) is 36.0 Å². The van der Waals surface area contributed by atoms with Crippen molar-refractivity contribution < 1.29 is 70.2 Å². The highest BCUT2D eigenvalue weighted by molar-refractivity contribution is 5.27. The first-order valence-corrected chi connectivity index (χ1v) is 4.77. The van der Waals surface area contributed by atoms with Crippen molar-refractivity contribution in [3.63, 3.8) is 0 Å². The Bertz CT molecular complexity index is 500. The molecule has 0 aliphatic carbocycles. The zero-order valence-corrected chi connectivity index (χ0v) is 10.0. The lowest BCUT2D eigenvalue weighted by Crippen LogP contribution is -2.68. The van der Waals surface area contributed by atoms with Crippen LogP contribution in [-0.4, -0.2) is 36.0 Å². The van der Waals surface area contributed by atoms with Gasteiger partial charge < -0.3 is 0 Å². The maximum atomic E-state index is 13.2. The van der Waals surface area contributed by atoms with Crippen LogP contribution in [0.3, 0.4) is 0 Å². The summed E-state index contributed by atoms with van der Waals surface area (Å²) in [4.78, 5) is 0. The number of alkyl halides is 14. The second kappa shape index (κ2) is 5.57. The lowest BCUT2D eigenvalue weighted by Gasteiger charge is -2.38. The van der Waals surface area contributed by atoms with Crippen LogP contribution in [0, 0.1) is 0 Å². The van der Waals surface area contributed by atoms with E-state index in [2.05, 4.69) is 0 Å². The van der Waals surface area contributed by atoms with Gasteiger partial charge in [-0.3, -0.25) is 0 Å². The molecule has 0 N–H and O–H groups in total. The van der Waals surface area contributed by atoms with Crippen molar-refractivity contribution in [1.29, 1.82) is 0 Å². The first-order valence-electron chi connectivity index (χ1n) is 4.77. The van der Waals surface area contributed by atoms with E-state index in [1.54, 1.807) is 0 Å². The van der Waals surface area contributed by atoms with Crippen molar-refractivity contribution in [3.8, 4) is 0 Å². The molecule has 0 aliphatic heterocycles. The third-order valence-corrected chi connectivity index (χ3v) is 2.32. The summed E-state index contributed by atoms with van der Waals surface area (Å²) in [6.45, 7) is 0. The van der Waals surface area contributed by atoms with E-state index in [1.807, 2.05) is 0 Å². The molecule has 0 aromatic carbocycles. The molecule has 0 amide bonds. The molecule has 1 unspecified atom stereocenters. The van der Waals surface area contributed by atoms with Gasteiger partial charge in [-0.15, -0.1) is 0 Å². The topological polar surface area (TPSA) is 0 Å². The van der Waals surface area contributed by atoms with E-state index in [1.165, 1.54) is 0 Å². The van der Waals surface area contributed by atoms with Gasteiger partial charge in [0.2, 0.25) is 5.83 Å². The van der Waals surface area contributed by atoms with Crippen LogP contribution in [0.15, 0.2) is 11.7 Å². The molecule has 0 radical (unpaired) electrons. The first-order chi connectivity index (χ1) is 10.1. The van der Waals surface area contributed by atoms with E-state index in [4.69, 9.17) is 0 Å². The van der Waals surface area contributed by atoms with Gasteiger partial charge in [0.15, 0.2) is 5.83 Å². The summed E-state index contributed by atoms with van der Waals surface area (Å²) in [6.07, 6.45) is -22.4. The van der Waals surface area contributed by atoms with Gasteiger partial charge in [0.05, 0.1) is 0 Å². The zero-order valence-electron chi connectivity index (χ0n) is 10.0. The van der Waals surface area contributed by atoms with Crippen molar-refractivity contribution in [3.05, 3.63) is 11.7 Å². The summed E-state index contributed by atoms with van der Waals surface area (Å²) in [7, 11) is 0. The van der Waals surface area contributed by atoms with E-state index in [-0.39, 0.29) is 0 Å². The monoisotopic (exact) mass is 400 g/mol. The van der Waals surface area contributed by atoms with E-state index in [0.29, 0.717) is 0 Å². The van der Waals surface area contributed by atoms with Gasteiger partial charge in [-0.25, -0.2) is 8.78 Å². The molecule has 0 nitrogen and oxygen atoms in total. The summed E-state index contributed by atoms with van der Waals surface area (Å²) in [5, 5.41) is 0. The normalized spacial score (nSPS) is 19.0. The maximum absolute atomic E-state index is 13.2. The SMILES string of the molecule is FC(=C(F)C(F)(C(F)(F)F)C(F)(F)C(F)(F)C(F)(F)F)C(F)(F)F. The van der Waals surface area contributed by atoms with Crippen LogP contribution in [0.2, 0.25) is 0 Å². The quantitative estimate of drug-likeness (QED) is 0.526. The van der Waals surface area contributed by atoms with Crippen molar-refractivity contribution in [2.75, 3.05) is 0 Å². The summed E-state index contributed by atoms with van der Waals surface area (Å²) in [6, 6.07) is 0. The Morgan fingerprint density at radius 1 is 0.417 bits per heavy atom. The van der Waals surface area contributed by atoms with Gasteiger partial charge in [0.25, 0.3) is 0 Å². The van der Waals surface area contributed by atoms with Crippen LogP contribution in [0.25, 0.3) is 0 Å². The van der Waals surface area contributed by atoms with Crippen molar-refractivity contribution >= 4 is 0 Å². The van der Waals surface area contributed by atoms with E-state index < -0.39 is 47.7 Å². The Hall–Kier alpha value is -1.38. The summed E-state index contributed by atoms with van der Waals surface area (Å²) in [5.41, 5.74) is -7.97. The van der Waals surface area contributed by atoms with Crippen molar-refractivity contribution in [2.24, 2.45) is 0 Å². The van der Waals surface area contributed by atoms with Crippen LogP contribution in [0.1, 0.15) is 0 Å². The maximum Gasteiger partial charge on any atom is 0.460 e. The Balaban J connectivity index is 6.88. The van der Waals surface area contributed by atoms with Gasteiger partial charge in [-0.05, 0) is 0 Å². The molecular weight excluding hydrogens is 400 g/mol. The Morgan fingerprint density at radius 2 is 0.750 bits per heavy atom. The predicted octanol–water partition coefficient (Wildman–Crippen LogP) is 5.80. The highest BCUT2D eigenvalue weighted by atomic mass is 19.4. The van der Waals surface area contributed by atoms with Crippen LogP contribution in [0.4, 0.5) is 70.2 Å². The van der Waals surface area contributed by atoms with Gasteiger partial charge in [-0.2, -0.15) is 61.5 Å². The third kappa shape index (κ3) is 3.10. The molecule has 0 saturated heterocycles. The molecule has 0 aromatic heterocycles. The number of rotatable bonds is 3. The molecule has 1 atom stereocenters. The summed E-state index contributed by atoms with van der Waals surface area (Å²) < 4.78 is 196. The fraction of sp³-hybridized carbons (Fsp3) is 0.750. The molecular formula is C8F16. The second-order valence-electron chi connectivity index (χ2n) is 3.93. The average molecular weight is 400 g/mol. The molecule has 0 aromatic rings. The second-order valence-corrected chi connectivity index (χ2v) is 3.93. The number of allylic oxidation sites excluding steroid dienone is 2. The summed E-state index contributed by atoms with van der Waals surface area (Å²) in [5.74, 6) is -26.4. The molecule has 0 bridgehead atoms. The van der Waals surface area contributed by atoms with Gasteiger partial charge in [-0.1, -0.05) is 0 Å². The lowest BCUT2D eigenvalue weighted by molar-refractivity contribution is -0.406. The Labute approximate surface area is 119 Å². The number of hydrogen-bond donors (Lipinski definition) is 0. The minimum absolute atomic E-state index is 4.90.